The molecule has 2 rings (SSSR count). The molecule has 0 radical (unpaired) electrons. The molecule has 2 atom stereocenters. The molecule has 1 heterocycles. The van der Waals surface area contributed by atoms with Crippen molar-refractivity contribution in [3.8, 4) is 6.07 Å². The van der Waals surface area contributed by atoms with E-state index in [-0.39, 0.29) is 17.7 Å². The van der Waals surface area contributed by atoms with Gasteiger partial charge in [0.1, 0.15) is 0 Å². The van der Waals surface area contributed by atoms with Gasteiger partial charge in [-0.3, -0.25) is 4.79 Å². The van der Waals surface area contributed by atoms with Crippen LogP contribution in [0.5, 0.6) is 0 Å². The van der Waals surface area contributed by atoms with Crippen molar-refractivity contribution >= 4 is 11.0 Å². The van der Waals surface area contributed by atoms with E-state index >= 15 is 0 Å². The summed E-state index contributed by atoms with van der Waals surface area (Å²) in [5.41, 5.74) is -1.49. The van der Waals surface area contributed by atoms with Crippen molar-refractivity contribution in [1.29, 1.82) is 5.26 Å². The van der Waals surface area contributed by atoms with Gasteiger partial charge < -0.3 is 4.57 Å². The molecule has 2 aromatic rings. The average molecular weight is 393 g/mol. The Morgan fingerprint density at radius 1 is 1.22 bits per heavy atom. The number of hydrogen-bond acceptors (Lipinski definition) is 3. The molecule has 1 aromatic heterocycles. The lowest BCUT2D eigenvalue weighted by atomic mass is 9.92. The smallest absolute Gasteiger partial charge is 0.253 e. The van der Waals surface area contributed by atoms with Crippen molar-refractivity contribution in [3.05, 3.63) is 69.6 Å². The van der Waals surface area contributed by atoms with Crippen LogP contribution in [-0.2, 0) is 23.1 Å². The molecule has 1 N–H and O–H groups in total. The summed E-state index contributed by atoms with van der Waals surface area (Å²) < 4.78 is 43.2. The third-order valence-corrected chi connectivity index (χ3v) is 5.69. The molecule has 2 unspecified atom stereocenters. The second kappa shape index (κ2) is 7.71. The summed E-state index contributed by atoms with van der Waals surface area (Å²) in [6, 6.07) is 8.32. The monoisotopic (exact) mass is 393 g/mol. The predicted molar refractivity (Wildman–Crippen MR) is 100 cm³/mol. The molecule has 8 heteroatoms. The lowest BCUT2D eigenvalue weighted by Crippen LogP contribution is -2.51. The zero-order chi connectivity index (χ0) is 20.4. The number of hydrogen-bond donors (Lipinski definition) is 1. The highest BCUT2D eigenvalue weighted by atomic mass is 32.2. The standard InChI is InChI=1S/C19H21F2N3O2S/c1-13-6-5-9-24(17(13)25)12-19(11-22,23-27(26)18(2,3)4)14-7-8-15(20)16(21)10-14/h5-10,23H,12H2,1-4H3. The first kappa shape index (κ1) is 20.9. The molecule has 0 saturated carbocycles. The Morgan fingerprint density at radius 3 is 2.44 bits per heavy atom. The summed E-state index contributed by atoms with van der Waals surface area (Å²) in [6.07, 6.45) is 1.49. The largest absolute Gasteiger partial charge is 0.312 e. The van der Waals surface area contributed by atoms with Crippen molar-refractivity contribution in [2.24, 2.45) is 0 Å². The molecular weight excluding hydrogens is 372 g/mol. The zero-order valence-corrected chi connectivity index (χ0v) is 16.4. The van der Waals surface area contributed by atoms with E-state index in [0.29, 0.717) is 5.56 Å². The molecule has 5 nitrogen and oxygen atoms in total. The first-order valence-electron chi connectivity index (χ1n) is 8.23. The highest BCUT2D eigenvalue weighted by molar-refractivity contribution is 7.84. The van der Waals surface area contributed by atoms with Crippen LogP contribution in [0, 0.1) is 29.9 Å². The summed E-state index contributed by atoms with van der Waals surface area (Å²) >= 11 is 0. The summed E-state index contributed by atoms with van der Waals surface area (Å²) in [5, 5.41) is 9.95. The van der Waals surface area contributed by atoms with Gasteiger partial charge in [-0.25, -0.2) is 17.7 Å². The van der Waals surface area contributed by atoms with E-state index in [1.807, 2.05) is 6.07 Å². The number of aromatic nitrogens is 1. The van der Waals surface area contributed by atoms with Crippen LogP contribution in [0.1, 0.15) is 31.9 Å². The second-order valence-electron chi connectivity index (χ2n) is 7.25. The first-order valence-corrected chi connectivity index (χ1v) is 9.38. The Balaban J connectivity index is 2.64. The van der Waals surface area contributed by atoms with Gasteiger partial charge >= 0.3 is 0 Å². The Hall–Kier alpha value is -2.37. The van der Waals surface area contributed by atoms with Gasteiger partial charge in [-0.2, -0.15) is 5.26 Å². The molecule has 27 heavy (non-hydrogen) atoms. The minimum Gasteiger partial charge on any atom is -0.312 e. The van der Waals surface area contributed by atoms with Crippen molar-refractivity contribution in [2.45, 2.75) is 44.5 Å². The fourth-order valence-corrected chi connectivity index (χ4v) is 3.27. The predicted octanol–water partition coefficient (Wildman–Crippen LogP) is 2.91. The lowest BCUT2D eigenvalue weighted by molar-refractivity contribution is 0.418. The Labute approximate surface area is 159 Å². The molecule has 0 fully saturated rings. The molecular formula is C19H21F2N3O2S. The van der Waals surface area contributed by atoms with E-state index in [1.165, 1.54) is 16.8 Å². The number of nitrogens with zero attached hydrogens (tertiary/aromatic N) is 2. The summed E-state index contributed by atoms with van der Waals surface area (Å²) in [4.78, 5) is 12.4. The lowest BCUT2D eigenvalue weighted by Gasteiger charge is -2.32. The molecule has 144 valence electrons. The van der Waals surface area contributed by atoms with Crippen LogP contribution >= 0.6 is 0 Å². The summed E-state index contributed by atoms with van der Waals surface area (Å²) in [5.74, 6) is -2.19. The van der Waals surface area contributed by atoms with Gasteiger partial charge in [0.2, 0.25) is 0 Å². The van der Waals surface area contributed by atoms with Crippen LogP contribution in [0.2, 0.25) is 0 Å². The normalized spacial score (nSPS) is 15.0. The van der Waals surface area contributed by atoms with E-state index in [2.05, 4.69) is 4.72 Å². The van der Waals surface area contributed by atoms with Gasteiger partial charge in [-0.15, -0.1) is 0 Å². The van der Waals surface area contributed by atoms with Crippen molar-refractivity contribution in [3.63, 3.8) is 0 Å². The highest BCUT2D eigenvalue weighted by Crippen LogP contribution is 2.27. The van der Waals surface area contributed by atoms with Crippen molar-refractivity contribution in [1.82, 2.24) is 9.29 Å². The maximum Gasteiger partial charge on any atom is 0.253 e. The second-order valence-corrected chi connectivity index (χ2v) is 9.22. The van der Waals surface area contributed by atoms with E-state index in [0.717, 1.165) is 12.1 Å². The number of pyridine rings is 1. The number of nitrogens with one attached hydrogen (secondary N) is 1. The van der Waals surface area contributed by atoms with Crippen molar-refractivity contribution in [2.75, 3.05) is 0 Å². The number of nitriles is 1. The molecule has 0 aliphatic rings. The highest BCUT2D eigenvalue weighted by Gasteiger charge is 2.38. The molecule has 0 bridgehead atoms. The zero-order valence-electron chi connectivity index (χ0n) is 15.5. The molecule has 0 saturated heterocycles. The topological polar surface area (TPSA) is 74.9 Å². The van der Waals surface area contributed by atoms with E-state index < -0.39 is 32.9 Å². The van der Waals surface area contributed by atoms with E-state index in [9.17, 15) is 23.0 Å². The van der Waals surface area contributed by atoms with Crippen LogP contribution in [0.4, 0.5) is 8.78 Å². The molecule has 1 aromatic carbocycles. The van der Waals surface area contributed by atoms with Crippen LogP contribution in [0.15, 0.2) is 41.3 Å². The molecule has 0 spiro atoms. The maximum atomic E-state index is 13.8. The SMILES string of the molecule is Cc1cccn(CC(C#N)(NS(=O)C(C)(C)C)c2ccc(F)c(F)c2)c1=O. The molecule has 0 aliphatic heterocycles. The van der Waals surface area contributed by atoms with E-state index in [1.54, 1.807) is 39.8 Å². The van der Waals surface area contributed by atoms with Crippen LogP contribution in [-0.4, -0.2) is 13.5 Å². The van der Waals surface area contributed by atoms with Crippen LogP contribution in [0.3, 0.4) is 0 Å². The fourth-order valence-electron chi connectivity index (χ4n) is 2.41. The Kier molecular flexibility index (Phi) is 5.97. The first-order chi connectivity index (χ1) is 12.5. The van der Waals surface area contributed by atoms with Crippen LogP contribution < -0.4 is 10.3 Å². The number of rotatable bonds is 5. The minimum absolute atomic E-state index is 0.0786. The average Bonchev–Trinajstić information content (AvgIpc) is 2.59. The van der Waals surface area contributed by atoms with Gasteiger partial charge in [-0.1, -0.05) is 12.1 Å². The molecule has 0 aliphatic carbocycles. The van der Waals surface area contributed by atoms with E-state index in [4.69, 9.17) is 0 Å². The van der Waals surface area contributed by atoms with Gasteiger partial charge in [0.15, 0.2) is 17.2 Å². The Bertz CT molecular complexity index is 976. The van der Waals surface area contributed by atoms with Gasteiger partial charge in [0, 0.05) is 11.8 Å². The number of benzene rings is 1. The van der Waals surface area contributed by atoms with Gasteiger partial charge in [-0.05, 0) is 51.5 Å². The number of halogens is 2. The maximum absolute atomic E-state index is 13.8. The van der Waals surface area contributed by atoms with Gasteiger partial charge in [0.05, 0.1) is 28.3 Å². The van der Waals surface area contributed by atoms with Crippen molar-refractivity contribution < 1.29 is 13.0 Å². The summed E-state index contributed by atoms with van der Waals surface area (Å²) in [6.45, 7) is 6.54. The number of aryl methyl sites for hydroxylation is 1. The minimum atomic E-state index is -1.71. The third kappa shape index (κ3) is 4.49. The third-order valence-electron chi connectivity index (χ3n) is 4.04. The molecule has 0 amide bonds. The van der Waals surface area contributed by atoms with Gasteiger partial charge in [0.25, 0.3) is 5.56 Å². The summed E-state index contributed by atoms with van der Waals surface area (Å²) in [7, 11) is -1.71. The quantitative estimate of drug-likeness (QED) is 0.849. The van der Waals surface area contributed by atoms with Crippen LogP contribution in [0.25, 0.3) is 0 Å². The Morgan fingerprint density at radius 2 is 1.89 bits per heavy atom. The fraction of sp³-hybridized carbons (Fsp3) is 0.368.